The zero-order valence-corrected chi connectivity index (χ0v) is 16.3. The number of pyridine rings is 1. The summed E-state index contributed by atoms with van der Waals surface area (Å²) in [6, 6.07) is 16.3. The van der Waals surface area contributed by atoms with Gasteiger partial charge in [0.2, 0.25) is 0 Å². The van der Waals surface area contributed by atoms with Crippen LogP contribution in [0.5, 0.6) is 0 Å². The van der Waals surface area contributed by atoms with Crippen LogP contribution < -0.4 is 10.6 Å². The van der Waals surface area contributed by atoms with Crippen LogP contribution in [0.2, 0.25) is 0 Å². The highest BCUT2D eigenvalue weighted by Gasteiger charge is 2.10. The number of thiophene rings is 2. The van der Waals surface area contributed by atoms with Gasteiger partial charge in [-0.3, -0.25) is 9.78 Å². The third-order valence-electron chi connectivity index (χ3n) is 4.20. The largest absolute Gasteiger partial charge is 0.381 e. The summed E-state index contributed by atoms with van der Waals surface area (Å²) in [5.41, 5.74) is 2.17. The van der Waals surface area contributed by atoms with E-state index in [1.54, 1.807) is 17.5 Å². The maximum absolute atomic E-state index is 12.4. The Morgan fingerprint density at radius 1 is 1.11 bits per heavy atom. The normalized spacial score (nSPS) is 10.8. The molecule has 4 aromatic rings. The Labute approximate surface area is 165 Å². The van der Waals surface area contributed by atoms with Crippen LogP contribution in [0.15, 0.2) is 66.3 Å². The van der Waals surface area contributed by atoms with Crippen molar-refractivity contribution in [1.29, 1.82) is 0 Å². The molecular formula is C21H19N3OS2. The Hall–Kier alpha value is -2.70. The molecule has 0 saturated carbocycles. The molecule has 0 radical (unpaired) electrons. The van der Waals surface area contributed by atoms with E-state index >= 15 is 0 Å². The molecule has 4 nitrogen and oxygen atoms in total. The zero-order valence-electron chi connectivity index (χ0n) is 14.6. The number of benzene rings is 1. The number of aromatic nitrogens is 1. The number of carbonyl (C=O) groups is 1. The standard InChI is InChI=1S/C21H19N3OS2/c25-21(23-9-7-18-4-2-10-26-18)20-12-16-11-17(5-6-19(16)27-20)24-14-15-3-1-8-22-13-15/h1-6,8,10-13,24H,7,9,14H2,(H,23,25). The lowest BCUT2D eigenvalue weighted by Gasteiger charge is -2.06. The minimum Gasteiger partial charge on any atom is -0.381 e. The van der Waals surface area contributed by atoms with Crippen LogP contribution in [0.1, 0.15) is 20.1 Å². The molecule has 6 heteroatoms. The van der Waals surface area contributed by atoms with E-state index in [2.05, 4.69) is 39.2 Å². The molecule has 0 aliphatic heterocycles. The number of amides is 1. The highest BCUT2D eigenvalue weighted by atomic mass is 32.1. The van der Waals surface area contributed by atoms with Gasteiger partial charge in [0.05, 0.1) is 4.88 Å². The average molecular weight is 394 g/mol. The molecule has 0 bridgehead atoms. The van der Waals surface area contributed by atoms with Gasteiger partial charge in [0.25, 0.3) is 5.91 Å². The van der Waals surface area contributed by atoms with Crippen LogP contribution in [0.25, 0.3) is 10.1 Å². The second kappa shape index (κ2) is 8.33. The van der Waals surface area contributed by atoms with E-state index in [-0.39, 0.29) is 5.91 Å². The minimum absolute atomic E-state index is 0.00220. The van der Waals surface area contributed by atoms with Gasteiger partial charge >= 0.3 is 0 Å². The van der Waals surface area contributed by atoms with Crippen molar-refractivity contribution in [3.63, 3.8) is 0 Å². The van der Waals surface area contributed by atoms with E-state index in [1.807, 2.05) is 36.5 Å². The van der Waals surface area contributed by atoms with E-state index in [0.717, 1.165) is 39.2 Å². The molecular weight excluding hydrogens is 374 g/mol. The maximum Gasteiger partial charge on any atom is 0.261 e. The van der Waals surface area contributed by atoms with E-state index < -0.39 is 0 Å². The number of nitrogens with one attached hydrogen (secondary N) is 2. The maximum atomic E-state index is 12.4. The van der Waals surface area contributed by atoms with Crippen molar-refractivity contribution in [2.24, 2.45) is 0 Å². The number of fused-ring (bicyclic) bond motifs is 1. The van der Waals surface area contributed by atoms with Gasteiger partial charge in [0.15, 0.2) is 0 Å². The first-order valence-corrected chi connectivity index (χ1v) is 10.4. The molecule has 136 valence electrons. The molecule has 1 amide bonds. The third-order valence-corrected chi connectivity index (χ3v) is 6.25. The van der Waals surface area contributed by atoms with Crippen molar-refractivity contribution in [2.75, 3.05) is 11.9 Å². The quantitative estimate of drug-likeness (QED) is 0.467. The Bertz CT molecular complexity index is 1030. The van der Waals surface area contributed by atoms with Crippen LogP contribution in [-0.4, -0.2) is 17.4 Å². The van der Waals surface area contributed by atoms with Crippen molar-refractivity contribution in [3.05, 3.63) is 81.6 Å². The lowest BCUT2D eigenvalue weighted by Crippen LogP contribution is -2.24. The van der Waals surface area contributed by atoms with Gasteiger partial charge in [-0.1, -0.05) is 12.1 Å². The van der Waals surface area contributed by atoms with E-state index in [4.69, 9.17) is 0 Å². The molecule has 27 heavy (non-hydrogen) atoms. The van der Waals surface area contributed by atoms with Crippen molar-refractivity contribution in [3.8, 4) is 0 Å². The smallest absolute Gasteiger partial charge is 0.261 e. The SMILES string of the molecule is O=C(NCCc1cccs1)c1cc2cc(NCc3cccnc3)ccc2s1. The summed E-state index contributed by atoms with van der Waals surface area (Å²) >= 11 is 3.25. The van der Waals surface area contributed by atoms with Crippen molar-refractivity contribution < 1.29 is 4.79 Å². The minimum atomic E-state index is -0.00220. The zero-order chi connectivity index (χ0) is 18.5. The van der Waals surface area contributed by atoms with Gasteiger partial charge in [-0.15, -0.1) is 22.7 Å². The number of anilines is 1. The number of carbonyl (C=O) groups excluding carboxylic acids is 1. The van der Waals surface area contributed by atoms with Crippen LogP contribution in [0, 0.1) is 0 Å². The summed E-state index contributed by atoms with van der Waals surface area (Å²) in [5, 5.41) is 9.56. The van der Waals surface area contributed by atoms with Crippen molar-refractivity contribution in [2.45, 2.75) is 13.0 Å². The molecule has 0 unspecified atom stereocenters. The first-order chi connectivity index (χ1) is 13.3. The molecule has 0 aliphatic rings. The highest BCUT2D eigenvalue weighted by Crippen LogP contribution is 2.28. The molecule has 4 rings (SSSR count). The molecule has 3 heterocycles. The average Bonchev–Trinajstić information content (AvgIpc) is 3.36. The lowest BCUT2D eigenvalue weighted by atomic mass is 10.2. The second-order valence-electron chi connectivity index (χ2n) is 6.16. The molecule has 0 saturated heterocycles. The molecule has 0 fully saturated rings. The Morgan fingerprint density at radius 3 is 2.89 bits per heavy atom. The van der Waals surface area contributed by atoms with Gasteiger partial charge in [0.1, 0.15) is 0 Å². The molecule has 3 aromatic heterocycles. The van der Waals surface area contributed by atoms with Gasteiger partial charge in [-0.25, -0.2) is 0 Å². The summed E-state index contributed by atoms with van der Waals surface area (Å²) in [6.07, 6.45) is 4.50. The Morgan fingerprint density at radius 2 is 2.07 bits per heavy atom. The summed E-state index contributed by atoms with van der Waals surface area (Å²) in [7, 11) is 0. The van der Waals surface area contributed by atoms with E-state index in [1.165, 1.54) is 16.2 Å². The van der Waals surface area contributed by atoms with Crippen LogP contribution in [0.4, 0.5) is 5.69 Å². The van der Waals surface area contributed by atoms with Crippen LogP contribution in [0.3, 0.4) is 0 Å². The predicted octanol–water partition coefficient (Wildman–Crippen LogP) is 4.94. The van der Waals surface area contributed by atoms with Crippen LogP contribution in [-0.2, 0) is 13.0 Å². The Kier molecular flexibility index (Phi) is 5.46. The molecule has 1 aromatic carbocycles. The molecule has 2 N–H and O–H groups in total. The number of rotatable bonds is 7. The molecule has 0 spiro atoms. The first kappa shape index (κ1) is 17.7. The topological polar surface area (TPSA) is 54.0 Å². The van der Waals surface area contributed by atoms with E-state index in [0.29, 0.717) is 6.54 Å². The third kappa shape index (κ3) is 4.53. The van der Waals surface area contributed by atoms with E-state index in [9.17, 15) is 4.79 Å². The Balaban J connectivity index is 1.38. The second-order valence-corrected chi connectivity index (χ2v) is 8.28. The number of hydrogen-bond donors (Lipinski definition) is 2. The predicted molar refractivity (Wildman–Crippen MR) is 114 cm³/mol. The number of hydrogen-bond acceptors (Lipinski definition) is 5. The fraction of sp³-hybridized carbons (Fsp3) is 0.143. The van der Waals surface area contributed by atoms with Gasteiger partial charge < -0.3 is 10.6 Å². The highest BCUT2D eigenvalue weighted by molar-refractivity contribution is 7.20. The molecule has 0 atom stereocenters. The van der Waals surface area contributed by atoms with Gasteiger partial charge in [-0.2, -0.15) is 0 Å². The summed E-state index contributed by atoms with van der Waals surface area (Å²) in [6.45, 7) is 1.38. The first-order valence-electron chi connectivity index (χ1n) is 8.75. The van der Waals surface area contributed by atoms with Gasteiger partial charge in [-0.05, 0) is 59.1 Å². The number of nitrogens with zero attached hydrogens (tertiary/aromatic N) is 1. The summed E-state index contributed by atoms with van der Waals surface area (Å²) < 4.78 is 1.12. The van der Waals surface area contributed by atoms with Gasteiger partial charge in [0, 0.05) is 40.7 Å². The van der Waals surface area contributed by atoms with Crippen LogP contribution >= 0.6 is 22.7 Å². The fourth-order valence-corrected chi connectivity index (χ4v) is 4.48. The van der Waals surface area contributed by atoms with Crippen molar-refractivity contribution >= 4 is 44.4 Å². The fourth-order valence-electron chi connectivity index (χ4n) is 2.81. The van der Waals surface area contributed by atoms with Crippen molar-refractivity contribution in [1.82, 2.24) is 10.3 Å². The summed E-state index contributed by atoms with van der Waals surface area (Å²) in [5.74, 6) is -0.00220. The lowest BCUT2D eigenvalue weighted by molar-refractivity contribution is 0.0958. The monoisotopic (exact) mass is 393 g/mol. The summed E-state index contributed by atoms with van der Waals surface area (Å²) in [4.78, 5) is 18.6. The molecule has 0 aliphatic carbocycles.